The third-order valence-electron chi connectivity index (χ3n) is 3.14. The van der Waals surface area contributed by atoms with Crippen LogP contribution >= 0.6 is 0 Å². The summed E-state index contributed by atoms with van der Waals surface area (Å²) in [5, 5.41) is 3.32. The molecule has 0 bridgehead atoms. The van der Waals surface area contributed by atoms with Crippen LogP contribution in [0.5, 0.6) is 0 Å². The van der Waals surface area contributed by atoms with E-state index in [1.54, 1.807) is 0 Å². The van der Waals surface area contributed by atoms with Gasteiger partial charge in [0.1, 0.15) is 6.10 Å². The van der Waals surface area contributed by atoms with Crippen LogP contribution in [-0.4, -0.2) is 19.6 Å². The molecule has 1 saturated heterocycles. The van der Waals surface area contributed by atoms with Gasteiger partial charge >= 0.3 is 0 Å². The molecule has 0 saturated carbocycles. The fourth-order valence-electron chi connectivity index (χ4n) is 2.31. The molecule has 0 spiro atoms. The van der Waals surface area contributed by atoms with Crippen LogP contribution in [0.2, 0.25) is 0 Å². The summed E-state index contributed by atoms with van der Waals surface area (Å²) in [7, 11) is 0. The second-order valence-corrected chi connectivity index (χ2v) is 4.15. The minimum absolute atomic E-state index is 0.0826. The number of hydrogen-bond acceptors (Lipinski definition) is 3. The Hall–Kier alpha value is -1.35. The normalized spacial score (nSPS) is 19.0. The van der Waals surface area contributed by atoms with Crippen molar-refractivity contribution >= 4 is 6.47 Å². The lowest BCUT2D eigenvalue weighted by molar-refractivity contribution is -0.137. The Morgan fingerprint density at radius 3 is 2.56 bits per heavy atom. The molecule has 1 unspecified atom stereocenters. The van der Waals surface area contributed by atoms with Gasteiger partial charge in [-0.2, -0.15) is 0 Å². The maximum absolute atomic E-state index is 10.6. The largest absolute Gasteiger partial charge is 0.459 e. The maximum atomic E-state index is 10.6. The Balaban J connectivity index is 2.12. The number of hydrogen-bond donors (Lipinski definition) is 1. The summed E-state index contributed by atoms with van der Waals surface area (Å²) in [4.78, 5) is 10.6. The minimum atomic E-state index is -0.0826. The zero-order chi connectivity index (χ0) is 11.2. The van der Waals surface area contributed by atoms with Crippen LogP contribution in [0.25, 0.3) is 0 Å². The Labute approximate surface area is 95.8 Å². The summed E-state index contributed by atoms with van der Waals surface area (Å²) in [5.41, 5.74) is 1.10. The molecular weight excluding hydrogens is 202 g/mol. The van der Waals surface area contributed by atoms with Gasteiger partial charge < -0.3 is 10.1 Å². The van der Waals surface area contributed by atoms with Gasteiger partial charge in [-0.05, 0) is 31.5 Å². The van der Waals surface area contributed by atoms with Crippen LogP contribution in [0.3, 0.4) is 0 Å². The second kappa shape index (κ2) is 5.66. The van der Waals surface area contributed by atoms with E-state index in [1.807, 2.05) is 30.3 Å². The molecule has 1 aromatic carbocycles. The SMILES string of the molecule is O=COC(c1ccccc1)C1CCNCC1. The van der Waals surface area contributed by atoms with E-state index >= 15 is 0 Å². The molecule has 1 aliphatic rings. The Morgan fingerprint density at radius 1 is 1.25 bits per heavy atom. The van der Waals surface area contributed by atoms with Crippen LogP contribution in [0.1, 0.15) is 24.5 Å². The summed E-state index contributed by atoms with van der Waals surface area (Å²) >= 11 is 0. The van der Waals surface area contributed by atoms with Gasteiger partial charge in [-0.25, -0.2) is 0 Å². The molecule has 0 amide bonds. The number of benzene rings is 1. The van der Waals surface area contributed by atoms with E-state index in [1.165, 1.54) is 0 Å². The molecule has 0 aromatic heterocycles. The summed E-state index contributed by atoms with van der Waals surface area (Å²) in [6, 6.07) is 9.99. The van der Waals surface area contributed by atoms with Gasteiger partial charge in [0.15, 0.2) is 0 Å². The van der Waals surface area contributed by atoms with Crippen molar-refractivity contribution in [3.8, 4) is 0 Å². The van der Waals surface area contributed by atoms with Gasteiger partial charge in [-0.15, -0.1) is 0 Å². The summed E-state index contributed by atoms with van der Waals surface area (Å²) in [6.07, 6.45) is 2.04. The average Bonchev–Trinajstić information content (AvgIpc) is 2.38. The lowest BCUT2D eigenvalue weighted by Crippen LogP contribution is -2.31. The van der Waals surface area contributed by atoms with Crippen molar-refractivity contribution in [1.29, 1.82) is 0 Å². The first-order valence-corrected chi connectivity index (χ1v) is 5.76. The lowest BCUT2D eigenvalue weighted by atomic mass is 9.88. The molecule has 86 valence electrons. The molecule has 1 fully saturated rings. The molecule has 1 heterocycles. The van der Waals surface area contributed by atoms with E-state index in [0.29, 0.717) is 12.4 Å². The molecule has 3 nitrogen and oxygen atoms in total. The average molecular weight is 219 g/mol. The van der Waals surface area contributed by atoms with Crippen molar-refractivity contribution < 1.29 is 9.53 Å². The Kier molecular flexibility index (Phi) is 3.94. The maximum Gasteiger partial charge on any atom is 0.293 e. The van der Waals surface area contributed by atoms with E-state index in [9.17, 15) is 4.79 Å². The first-order valence-electron chi connectivity index (χ1n) is 5.76. The molecule has 2 rings (SSSR count). The molecule has 1 aliphatic heterocycles. The van der Waals surface area contributed by atoms with Crippen molar-refractivity contribution in [1.82, 2.24) is 5.32 Å². The van der Waals surface area contributed by atoms with E-state index in [-0.39, 0.29) is 6.10 Å². The quantitative estimate of drug-likeness (QED) is 0.786. The Morgan fingerprint density at radius 2 is 1.94 bits per heavy atom. The van der Waals surface area contributed by atoms with Crippen molar-refractivity contribution in [3.63, 3.8) is 0 Å². The standard InChI is InChI=1S/C13H17NO2/c15-10-16-13(11-4-2-1-3-5-11)12-6-8-14-9-7-12/h1-5,10,12-14H,6-9H2. The smallest absolute Gasteiger partial charge is 0.293 e. The molecule has 16 heavy (non-hydrogen) atoms. The van der Waals surface area contributed by atoms with Crippen LogP contribution in [0.4, 0.5) is 0 Å². The highest BCUT2D eigenvalue weighted by atomic mass is 16.5. The van der Waals surface area contributed by atoms with E-state index in [0.717, 1.165) is 31.5 Å². The highest BCUT2D eigenvalue weighted by Crippen LogP contribution is 2.31. The summed E-state index contributed by atoms with van der Waals surface area (Å²) in [5.74, 6) is 0.439. The fraction of sp³-hybridized carbons (Fsp3) is 0.462. The number of ether oxygens (including phenoxy) is 1. The Bertz CT molecular complexity index is 320. The van der Waals surface area contributed by atoms with E-state index in [4.69, 9.17) is 4.74 Å². The van der Waals surface area contributed by atoms with Gasteiger partial charge in [0.2, 0.25) is 0 Å². The number of carbonyl (C=O) groups excluding carboxylic acids is 1. The zero-order valence-electron chi connectivity index (χ0n) is 9.26. The van der Waals surface area contributed by atoms with Crippen LogP contribution in [0.15, 0.2) is 30.3 Å². The molecule has 1 N–H and O–H groups in total. The summed E-state index contributed by atoms with van der Waals surface area (Å²) in [6.45, 7) is 2.59. The lowest BCUT2D eigenvalue weighted by Gasteiger charge is -2.29. The second-order valence-electron chi connectivity index (χ2n) is 4.15. The van der Waals surface area contributed by atoms with Crippen molar-refractivity contribution in [2.75, 3.05) is 13.1 Å². The van der Waals surface area contributed by atoms with Crippen molar-refractivity contribution in [2.24, 2.45) is 5.92 Å². The molecule has 1 atom stereocenters. The van der Waals surface area contributed by atoms with Gasteiger partial charge in [-0.1, -0.05) is 30.3 Å². The molecule has 0 aliphatic carbocycles. The van der Waals surface area contributed by atoms with Gasteiger partial charge in [0.25, 0.3) is 6.47 Å². The number of nitrogens with one attached hydrogen (secondary N) is 1. The highest BCUT2D eigenvalue weighted by Gasteiger charge is 2.25. The highest BCUT2D eigenvalue weighted by molar-refractivity contribution is 5.38. The van der Waals surface area contributed by atoms with Crippen molar-refractivity contribution in [2.45, 2.75) is 18.9 Å². The first-order chi connectivity index (χ1) is 7.92. The van der Waals surface area contributed by atoms with Crippen LogP contribution in [0, 0.1) is 5.92 Å². The van der Waals surface area contributed by atoms with E-state index in [2.05, 4.69) is 5.32 Å². The predicted octanol–water partition coefficient (Wildman–Crippen LogP) is 1.90. The summed E-state index contributed by atoms with van der Waals surface area (Å²) < 4.78 is 5.26. The minimum Gasteiger partial charge on any atom is -0.459 e. The molecule has 1 aromatic rings. The topological polar surface area (TPSA) is 38.3 Å². The molecule has 3 heteroatoms. The van der Waals surface area contributed by atoms with Crippen molar-refractivity contribution in [3.05, 3.63) is 35.9 Å². The molecular formula is C13H17NO2. The number of piperidine rings is 1. The van der Waals surface area contributed by atoms with Crippen LogP contribution < -0.4 is 5.32 Å². The number of rotatable bonds is 4. The van der Waals surface area contributed by atoms with Crippen LogP contribution in [-0.2, 0) is 9.53 Å². The first kappa shape index (κ1) is 11.1. The van der Waals surface area contributed by atoms with E-state index < -0.39 is 0 Å². The third-order valence-corrected chi connectivity index (χ3v) is 3.14. The monoisotopic (exact) mass is 219 g/mol. The third kappa shape index (κ3) is 2.61. The van der Waals surface area contributed by atoms with Gasteiger partial charge in [-0.3, -0.25) is 4.79 Å². The van der Waals surface area contributed by atoms with Gasteiger partial charge in [0.05, 0.1) is 0 Å². The zero-order valence-corrected chi connectivity index (χ0v) is 9.26. The predicted molar refractivity (Wildman–Crippen MR) is 61.9 cm³/mol. The number of carbonyl (C=O) groups is 1. The van der Waals surface area contributed by atoms with Gasteiger partial charge in [0, 0.05) is 5.92 Å². The molecule has 0 radical (unpaired) electrons. The fourth-order valence-corrected chi connectivity index (χ4v) is 2.31.